The van der Waals surface area contributed by atoms with Crippen molar-refractivity contribution in [2.24, 2.45) is 0 Å². The molecule has 0 aliphatic heterocycles. The van der Waals surface area contributed by atoms with E-state index in [-0.39, 0.29) is 5.91 Å². The van der Waals surface area contributed by atoms with E-state index in [4.69, 9.17) is 0 Å². The summed E-state index contributed by atoms with van der Waals surface area (Å²) < 4.78 is 1.80. The predicted octanol–water partition coefficient (Wildman–Crippen LogP) is 5.33. The summed E-state index contributed by atoms with van der Waals surface area (Å²) in [6, 6.07) is 26.9. The van der Waals surface area contributed by atoms with E-state index in [0.717, 1.165) is 16.8 Å². The van der Waals surface area contributed by atoms with E-state index in [1.807, 2.05) is 91.1 Å². The van der Waals surface area contributed by atoms with Gasteiger partial charge in [-0.3, -0.25) is 9.36 Å². The molecule has 0 radical (unpaired) electrons. The molecular formula is C26H20N6O. The SMILES string of the molecule is O=C(Nc1ccc(Nc2cc(-n3ccnc3)ncn2)cc1)c1ccc(-c2ccccc2)cc1. The van der Waals surface area contributed by atoms with Crippen LogP contribution >= 0.6 is 0 Å². The van der Waals surface area contributed by atoms with E-state index in [9.17, 15) is 4.79 Å². The number of amides is 1. The molecule has 0 aliphatic rings. The average molecular weight is 432 g/mol. The lowest BCUT2D eigenvalue weighted by atomic mass is 10.0. The smallest absolute Gasteiger partial charge is 0.255 e. The van der Waals surface area contributed by atoms with Gasteiger partial charge >= 0.3 is 0 Å². The molecule has 2 aromatic heterocycles. The van der Waals surface area contributed by atoms with E-state index in [1.54, 1.807) is 17.1 Å². The topological polar surface area (TPSA) is 84.7 Å². The first-order chi connectivity index (χ1) is 16.2. The molecule has 0 unspecified atom stereocenters. The van der Waals surface area contributed by atoms with Crippen LogP contribution in [0.2, 0.25) is 0 Å². The highest BCUT2D eigenvalue weighted by molar-refractivity contribution is 6.04. The molecule has 2 heterocycles. The minimum absolute atomic E-state index is 0.156. The minimum Gasteiger partial charge on any atom is -0.340 e. The largest absolute Gasteiger partial charge is 0.340 e. The first-order valence-corrected chi connectivity index (χ1v) is 10.4. The van der Waals surface area contributed by atoms with Gasteiger partial charge in [0.05, 0.1) is 0 Å². The quantitative estimate of drug-likeness (QED) is 0.379. The number of rotatable bonds is 6. The molecule has 2 N–H and O–H groups in total. The lowest BCUT2D eigenvalue weighted by Gasteiger charge is -2.09. The Morgan fingerprint density at radius 3 is 2.24 bits per heavy atom. The fourth-order valence-electron chi connectivity index (χ4n) is 3.38. The van der Waals surface area contributed by atoms with Crippen LogP contribution in [0.4, 0.5) is 17.2 Å². The van der Waals surface area contributed by atoms with Crippen molar-refractivity contribution >= 4 is 23.1 Å². The van der Waals surface area contributed by atoms with Gasteiger partial charge in [-0.25, -0.2) is 15.0 Å². The number of hydrogen-bond acceptors (Lipinski definition) is 5. The second kappa shape index (κ2) is 9.15. The number of imidazole rings is 1. The Balaban J connectivity index is 1.23. The van der Waals surface area contributed by atoms with Gasteiger partial charge in [0.1, 0.15) is 24.3 Å². The molecule has 7 heteroatoms. The van der Waals surface area contributed by atoms with Crippen molar-refractivity contribution in [3.05, 3.63) is 116 Å². The standard InChI is InChI=1S/C26H20N6O/c33-26(21-8-6-20(7-9-21)19-4-2-1-3-5-19)31-23-12-10-22(11-13-23)30-24-16-25(29-17-28-24)32-15-14-27-18-32/h1-18H,(H,31,33)(H,28,29,30). The third-order valence-corrected chi connectivity index (χ3v) is 5.09. The Morgan fingerprint density at radius 2 is 1.52 bits per heavy atom. The number of anilines is 3. The van der Waals surface area contributed by atoms with Gasteiger partial charge in [0, 0.05) is 35.4 Å². The molecule has 0 bridgehead atoms. The van der Waals surface area contributed by atoms with Crippen molar-refractivity contribution < 1.29 is 4.79 Å². The number of carbonyl (C=O) groups is 1. The fourth-order valence-corrected chi connectivity index (χ4v) is 3.38. The number of nitrogens with one attached hydrogen (secondary N) is 2. The first-order valence-electron chi connectivity index (χ1n) is 10.4. The lowest BCUT2D eigenvalue weighted by Crippen LogP contribution is -2.11. The Labute approximate surface area is 190 Å². The van der Waals surface area contributed by atoms with Gasteiger partial charge in [0.2, 0.25) is 0 Å². The van der Waals surface area contributed by atoms with E-state index in [1.165, 1.54) is 6.33 Å². The Bertz CT molecular complexity index is 1350. The number of hydrogen-bond donors (Lipinski definition) is 2. The van der Waals surface area contributed by atoms with Crippen LogP contribution in [0, 0.1) is 0 Å². The van der Waals surface area contributed by atoms with Gasteiger partial charge in [-0.1, -0.05) is 42.5 Å². The molecule has 3 aromatic carbocycles. The summed E-state index contributed by atoms with van der Waals surface area (Å²) in [7, 11) is 0. The second-order valence-corrected chi connectivity index (χ2v) is 7.33. The molecule has 5 rings (SSSR count). The Hall–Kier alpha value is -4.78. The zero-order valence-corrected chi connectivity index (χ0v) is 17.6. The summed E-state index contributed by atoms with van der Waals surface area (Å²) in [6.45, 7) is 0. The molecule has 0 atom stereocenters. The van der Waals surface area contributed by atoms with Gasteiger partial charge in [-0.2, -0.15) is 0 Å². The van der Waals surface area contributed by atoms with Crippen LogP contribution in [-0.2, 0) is 0 Å². The molecular weight excluding hydrogens is 412 g/mol. The van der Waals surface area contributed by atoms with E-state index >= 15 is 0 Å². The van der Waals surface area contributed by atoms with Gasteiger partial charge < -0.3 is 10.6 Å². The van der Waals surface area contributed by atoms with Crippen LogP contribution in [0.25, 0.3) is 16.9 Å². The number of aromatic nitrogens is 4. The lowest BCUT2D eigenvalue weighted by molar-refractivity contribution is 0.102. The molecule has 1 amide bonds. The normalized spacial score (nSPS) is 10.5. The average Bonchev–Trinajstić information content (AvgIpc) is 3.41. The van der Waals surface area contributed by atoms with Gasteiger partial charge in [-0.05, 0) is 47.5 Å². The highest BCUT2D eigenvalue weighted by atomic mass is 16.1. The van der Waals surface area contributed by atoms with Crippen LogP contribution in [-0.4, -0.2) is 25.4 Å². The molecule has 0 saturated carbocycles. The zero-order chi connectivity index (χ0) is 22.5. The van der Waals surface area contributed by atoms with Crippen LogP contribution < -0.4 is 10.6 Å². The Morgan fingerprint density at radius 1 is 0.788 bits per heavy atom. The van der Waals surface area contributed by atoms with Crippen LogP contribution in [0.15, 0.2) is 110 Å². The fraction of sp³-hybridized carbons (Fsp3) is 0. The maximum absolute atomic E-state index is 12.6. The van der Waals surface area contributed by atoms with Crippen molar-refractivity contribution in [2.75, 3.05) is 10.6 Å². The zero-order valence-electron chi connectivity index (χ0n) is 17.6. The van der Waals surface area contributed by atoms with E-state index in [2.05, 4.69) is 25.6 Å². The number of nitrogens with zero attached hydrogens (tertiary/aromatic N) is 4. The summed E-state index contributed by atoms with van der Waals surface area (Å²) in [5, 5.41) is 6.18. The third-order valence-electron chi connectivity index (χ3n) is 5.09. The summed E-state index contributed by atoms with van der Waals surface area (Å²) >= 11 is 0. The van der Waals surface area contributed by atoms with Gasteiger partial charge in [0.15, 0.2) is 0 Å². The Kier molecular flexibility index (Phi) is 5.59. The second-order valence-electron chi connectivity index (χ2n) is 7.33. The maximum atomic E-state index is 12.6. The van der Waals surface area contributed by atoms with Gasteiger partial charge in [-0.15, -0.1) is 0 Å². The summed E-state index contributed by atoms with van der Waals surface area (Å²) in [5.74, 6) is 1.22. The van der Waals surface area contributed by atoms with Crippen LogP contribution in [0.1, 0.15) is 10.4 Å². The molecule has 33 heavy (non-hydrogen) atoms. The molecule has 0 fully saturated rings. The first kappa shape index (κ1) is 20.1. The molecule has 0 saturated heterocycles. The molecule has 5 aromatic rings. The summed E-state index contributed by atoms with van der Waals surface area (Å²) in [4.78, 5) is 25.2. The molecule has 7 nitrogen and oxygen atoms in total. The van der Waals surface area contributed by atoms with Crippen molar-refractivity contribution in [3.63, 3.8) is 0 Å². The maximum Gasteiger partial charge on any atom is 0.255 e. The predicted molar refractivity (Wildman–Crippen MR) is 129 cm³/mol. The van der Waals surface area contributed by atoms with Gasteiger partial charge in [0.25, 0.3) is 5.91 Å². The van der Waals surface area contributed by atoms with Crippen molar-refractivity contribution in [1.29, 1.82) is 0 Å². The van der Waals surface area contributed by atoms with Crippen LogP contribution in [0.3, 0.4) is 0 Å². The third kappa shape index (κ3) is 4.77. The molecule has 160 valence electrons. The molecule has 0 spiro atoms. The monoisotopic (exact) mass is 432 g/mol. The highest BCUT2D eigenvalue weighted by Gasteiger charge is 2.07. The number of carbonyl (C=O) groups excluding carboxylic acids is 1. The van der Waals surface area contributed by atoms with Crippen molar-refractivity contribution in [3.8, 4) is 16.9 Å². The minimum atomic E-state index is -0.156. The van der Waals surface area contributed by atoms with Crippen molar-refractivity contribution in [1.82, 2.24) is 19.5 Å². The molecule has 0 aliphatic carbocycles. The summed E-state index contributed by atoms with van der Waals surface area (Å²) in [5.41, 5.74) is 4.34. The van der Waals surface area contributed by atoms with Crippen molar-refractivity contribution in [2.45, 2.75) is 0 Å². The van der Waals surface area contributed by atoms with Crippen LogP contribution in [0.5, 0.6) is 0 Å². The highest BCUT2D eigenvalue weighted by Crippen LogP contribution is 2.21. The van der Waals surface area contributed by atoms with E-state index < -0.39 is 0 Å². The van der Waals surface area contributed by atoms with E-state index in [0.29, 0.717) is 22.9 Å². The summed E-state index contributed by atoms with van der Waals surface area (Å²) in [6.07, 6.45) is 6.69. The number of benzene rings is 3.